The van der Waals surface area contributed by atoms with Gasteiger partial charge in [0.05, 0.1) is 25.9 Å². The molecule has 56 heavy (non-hydrogen) atoms. The lowest BCUT2D eigenvalue weighted by Crippen LogP contribution is -2.50. The van der Waals surface area contributed by atoms with E-state index in [1.54, 1.807) is 12.4 Å². The molecule has 2 amide bonds. The summed E-state index contributed by atoms with van der Waals surface area (Å²) in [6.07, 6.45) is 3.80. The number of ether oxygens (including phenoxy) is 3. The summed E-state index contributed by atoms with van der Waals surface area (Å²) >= 11 is 0. The normalized spacial score (nSPS) is 19.2. The molecule has 2 aliphatic rings. The molecule has 0 bridgehead atoms. The van der Waals surface area contributed by atoms with Crippen molar-refractivity contribution >= 4 is 17.9 Å². The summed E-state index contributed by atoms with van der Waals surface area (Å²) in [4.78, 5) is 38.8. The molecule has 7 rings (SSSR count). The van der Waals surface area contributed by atoms with Gasteiger partial charge in [-0.3, -0.25) is 4.90 Å². The number of aliphatic hydroxyl groups is 1. The summed E-state index contributed by atoms with van der Waals surface area (Å²) in [5.41, 5.74) is 6.68. The third-order valence-electron chi connectivity index (χ3n) is 10.3. The van der Waals surface area contributed by atoms with Crippen molar-refractivity contribution < 1.29 is 28.9 Å². The zero-order valence-corrected chi connectivity index (χ0v) is 31.5. The van der Waals surface area contributed by atoms with Gasteiger partial charge in [-0.05, 0) is 45.5 Å². The van der Waals surface area contributed by atoms with Gasteiger partial charge in [0, 0.05) is 70.1 Å². The quantitative estimate of drug-likeness (QED) is 0.131. The van der Waals surface area contributed by atoms with Crippen LogP contribution in [0.5, 0.6) is 0 Å². The molecule has 4 atom stereocenters. The van der Waals surface area contributed by atoms with Gasteiger partial charge < -0.3 is 34.9 Å². The van der Waals surface area contributed by atoms with Crippen molar-refractivity contribution in [3.8, 4) is 11.1 Å². The molecule has 0 saturated carbocycles. The van der Waals surface area contributed by atoms with Gasteiger partial charge in [-0.2, -0.15) is 0 Å². The average molecular weight is 757 g/mol. The van der Waals surface area contributed by atoms with Crippen LogP contribution in [-0.4, -0.2) is 84.0 Å². The van der Waals surface area contributed by atoms with E-state index in [-0.39, 0.29) is 25.4 Å². The largest absolute Gasteiger partial charge is 0.467 e. The minimum atomic E-state index is -0.812. The predicted molar refractivity (Wildman–Crippen MR) is 212 cm³/mol. The number of methoxy groups -OCH3 is 1. The van der Waals surface area contributed by atoms with Crippen LogP contribution in [-0.2, 0) is 38.6 Å². The van der Waals surface area contributed by atoms with E-state index < -0.39 is 24.3 Å². The summed E-state index contributed by atoms with van der Waals surface area (Å²) in [5.74, 6) is 0.259. The number of nitrogens with zero attached hydrogens (tertiary/aromatic N) is 4. The maximum Gasteiger partial charge on any atom is 0.328 e. The zero-order valence-electron chi connectivity index (χ0n) is 31.5. The smallest absolute Gasteiger partial charge is 0.328 e. The van der Waals surface area contributed by atoms with Crippen molar-refractivity contribution in [3.05, 3.63) is 149 Å². The molecule has 4 aromatic carbocycles. The molecule has 290 valence electrons. The van der Waals surface area contributed by atoms with Crippen molar-refractivity contribution in [2.45, 2.75) is 50.5 Å². The zero-order chi connectivity index (χ0) is 38.7. The predicted octanol–water partition coefficient (Wildman–Crippen LogP) is 5.59. The monoisotopic (exact) mass is 756 g/mol. The highest BCUT2D eigenvalue weighted by Crippen LogP contribution is 2.39. The number of aliphatic hydroxyl groups excluding tert-OH is 1. The van der Waals surface area contributed by atoms with Crippen LogP contribution in [0.3, 0.4) is 0 Å². The average Bonchev–Trinajstić information content (AvgIpc) is 3.26. The van der Waals surface area contributed by atoms with Crippen molar-refractivity contribution in [2.24, 2.45) is 0 Å². The molecule has 3 N–H and O–H groups in total. The highest BCUT2D eigenvalue weighted by Gasteiger charge is 2.34. The van der Waals surface area contributed by atoms with E-state index in [1.165, 1.54) is 7.11 Å². The fraction of sp³-hybridized carbons (Fsp3) is 0.318. The van der Waals surface area contributed by atoms with E-state index in [0.717, 1.165) is 77.6 Å². The van der Waals surface area contributed by atoms with Gasteiger partial charge in [-0.15, -0.1) is 0 Å². The van der Waals surface area contributed by atoms with Gasteiger partial charge in [0.25, 0.3) is 0 Å². The van der Waals surface area contributed by atoms with E-state index in [4.69, 9.17) is 14.2 Å². The second-order valence-corrected chi connectivity index (χ2v) is 14.1. The number of carbonyl (C=O) groups is 2. The van der Waals surface area contributed by atoms with E-state index in [9.17, 15) is 14.7 Å². The molecule has 4 unspecified atom stereocenters. The number of carbonyl (C=O) groups excluding carboxylic acids is 2. The Morgan fingerprint density at radius 1 is 0.804 bits per heavy atom. The Morgan fingerprint density at radius 2 is 1.52 bits per heavy atom. The van der Waals surface area contributed by atoms with Crippen LogP contribution in [0.4, 0.5) is 10.7 Å². The first-order valence-electron chi connectivity index (χ1n) is 19.0. The Balaban J connectivity index is 0.988. The van der Waals surface area contributed by atoms with Crippen LogP contribution >= 0.6 is 0 Å². The van der Waals surface area contributed by atoms with Gasteiger partial charge in [0.15, 0.2) is 6.29 Å². The minimum absolute atomic E-state index is 0.00603. The molecular weight excluding hydrogens is 709 g/mol. The topological polar surface area (TPSA) is 138 Å². The van der Waals surface area contributed by atoms with Crippen molar-refractivity contribution in [2.75, 3.05) is 44.7 Å². The van der Waals surface area contributed by atoms with E-state index in [0.29, 0.717) is 12.8 Å². The Bertz CT molecular complexity index is 2010. The Labute approximate surface area is 327 Å². The lowest BCUT2D eigenvalue weighted by Gasteiger charge is -2.40. The Morgan fingerprint density at radius 3 is 2.23 bits per heavy atom. The number of benzene rings is 4. The highest BCUT2D eigenvalue weighted by molar-refractivity contribution is 5.83. The number of urea groups is 1. The Hall–Kier alpha value is -5.66. The number of anilines is 1. The highest BCUT2D eigenvalue weighted by atomic mass is 16.7. The summed E-state index contributed by atoms with van der Waals surface area (Å²) in [6, 6.07) is 34.2. The number of hydrogen-bond acceptors (Lipinski definition) is 10. The molecule has 12 nitrogen and oxygen atoms in total. The van der Waals surface area contributed by atoms with Gasteiger partial charge in [-0.1, -0.05) is 97.1 Å². The molecule has 0 aliphatic carbocycles. The first-order chi connectivity index (χ1) is 27.4. The molecule has 2 fully saturated rings. The van der Waals surface area contributed by atoms with E-state index in [1.807, 2.05) is 97.1 Å². The van der Waals surface area contributed by atoms with Crippen LogP contribution < -0.4 is 15.5 Å². The van der Waals surface area contributed by atoms with Crippen LogP contribution in [0.15, 0.2) is 122 Å². The maximum atomic E-state index is 12.9. The number of nitrogens with one attached hydrogen (secondary N) is 2. The lowest BCUT2D eigenvalue weighted by molar-refractivity contribution is -0.253. The van der Waals surface area contributed by atoms with Crippen molar-refractivity contribution in [1.29, 1.82) is 0 Å². The summed E-state index contributed by atoms with van der Waals surface area (Å²) in [5, 5.41) is 15.2. The molecule has 12 heteroatoms. The molecule has 1 aromatic heterocycles. The molecule has 0 radical (unpaired) electrons. The molecule has 5 aromatic rings. The molecule has 3 heterocycles. The minimum Gasteiger partial charge on any atom is -0.467 e. The van der Waals surface area contributed by atoms with Gasteiger partial charge in [0.1, 0.15) is 6.04 Å². The second-order valence-electron chi connectivity index (χ2n) is 14.1. The summed E-state index contributed by atoms with van der Waals surface area (Å²) in [6.45, 7) is 4.51. The molecule has 2 aliphatic heterocycles. The number of amides is 2. The standard InChI is InChI=1S/C44H48N6O6/c1-54-41(52)39(26-31-7-3-2-4-8-31)48-44(53)47-28-33-9-5-10-37(25-33)34-15-17-36(18-16-34)42-55-38(27-40(56-42)35-13-11-32(30-51)12-14-35)29-49-21-23-50(24-22-49)43-45-19-6-20-46-43/h2-20,25,38-40,42,51H,21-24,26-30H2,1H3,(H2,47,48,53). The van der Waals surface area contributed by atoms with Gasteiger partial charge in [-0.25, -0.2) is 19.6 Å². The molecule has 2 saturated heterocycles. The van der Waals surface area contributed by atoms with E-state index >= 15 is 0 Å². The molecular formula is C44H48N6O6. The number of piperazine rings is 1. The number of rotatable bonds is 13. The molecule has 0 spiro atoms. The van der Waals surface area contributed by atoms with Crippen molar-refractivity contribution in [1.82, 2.24) is 25.5 Å². The summed E-state index contributed by atoms with van der Waals surface area (Å²) in [7, 11) is 1.31. The van der Waals surface area contributed by atoms with Gasteiger partial charge in [0.2, 0.25) is 5.95 Å². The fourth-order valence-corrected chi connectivity index (χ4v) is 7.18. The van der Waals surface area contributed by atoms with Crippen LogP contribution in [0.2, 0.25) is 0 Å². The first kappa shape index (κ1) is 38.6. The van der Waals surface area contributed by atoms with Crippen LogP contribution in [0, 0.1) is 0 Å². The lowest BCUT2D eigenvalue weighted by atomic mass is 9.99. The second kappa shape index (κ2) is 18.8. The van der Waals surface area contributed by atoms with Crippen LogP contribution in [0.1, 0.15) is 46.6 Å². The number of aromatic nitrogens is 2. The maximum absolute atomic E-state index is 12.9. The third kappa shape index (κ3) is 10.1. The number of esters is 1. The van der Waals surface area contributed by atoms with E-state index in [2.05, 4.69) is 42.5 Å². The fourth-order valence-electron chi connectivity index (χ4n) is 7.18. The first-order valence-corrected chi connectivity index (χ1v) is 19.0. The Kier molecular flexibility index (Phi) is 13.0. The number of hydrogen-bond donors (Lipinski definition) is 3. The SMILES string of the molecule is COC(=O)C(Cc1ccccc1)NC(=O)NCc1cccc(-c2ccc(C3OC(CN4CCN(c5ncccn5)CC4)CC(c4ccc(CO)cc4)O3)cc2)c1. The van der Waals surface area contributed by atoms with Crippen molar-refractivity contribution in [3.63, 3.8) is 0 Å². The van der Waals surface area contributed by atoms with Crippen LogP contribution in [0.25, 0.3) is 11.1 Å². The summed E-state index contributed by atoms with van der Waals surface area (Å²) < 4.78 is 18.2. The van der Waals surface area contributed by atoms with Gasteiger partial charge >= 0.3 is 12.0 Å². The third-order valence-corrected chi connectivity index (χ3v) is 10.3.